The maximum atomic E-state index is 12.2. The normalized spacial score (nSPS) is 24.5. The van der Waals surface area contributed by atoms with Crippen molar-refractivity contribution in [1.29, 1.82) is 0 Å². The number of anilines is 2. The lowest BCUT2D eigenvalue weighted by Gasteiger charge is -2.56. The molecule has 1 aromatic carbocycles. The highest BCUT2D eigenvalue weighted by Gasteiger charge is 2.48. The van der Waals surface area contributed by atoms with Crippen LogP contribution in [0.4, 0.5) is 16.2 Å². The van der Waals surface area contributed by atoms with Crippen LogP contribution < -0.4 is 10.6 Å². The highest BCUT2D eigenvalue weighted by Crippen LogP contribution is 2.36. The number of nitrogens with zero attached hydrogens (tertiary/aromatic N) is 2. The Morgan fingerprint density at radius 2 is 1.95 bits per heavy atom. The second-order valence-corrected chi connectivity index (χ2v) is 6.93. The number of piperidine rings is 1. The van der Waals surface area contributed by atoms with E-state index in [0.717, 1.165) is 30.9 Å². The molecule has 3 aliphatic rings. The lowest BCUT2D eigenvalue weighted by Crippen LogP contribution is -2.70. The van der Waals surface area contributed by atoms with Crippen LogP contribution in [0, 0.1) is 0 Å². The van der Waals surface area contributed by atoms with Gasteiger partial charge in [-0.25, -0.2) is 4.79 Å². The fraction of sp³-hybridized carbons (Fsp3) is 0.562. The Bertz CT molecular complexity index is 541. The van der Waals surface area contributed by atoms with Crippen molar-refractivity contribution in [2.75, 3.05) is 23.7 Å². The molecule has 2 atom stereocenters. The van der Waals surface area contributed by atoms with E-state index < -0.39 is 5.60 Å². The van der Waals surface area contributed by atoms with Crippen LogP contribution in [0.3, 0.4) is 0 Å². The number of ether oxygens (including phenoxy) is 1. The Morgan fingerprint density at radius 3 is 2.52 bits per heavy atom. The van der Waals surface area contributed by atoms with Gasteiger partial charge in [0, 0.05) is 24.5 Å². The van der Waals surface area contributed by atoms with Crippen LogP contribution in [0.5, 0.6) is 0 Å². The average molecular weight is 289 g/mol. The topological polar surface area (TPSA) is 58.8 Å². The summed E-state index contributed by atoms with van der Waals surface area (Å²) in [5, 5.41) is 0. The minimum Gasteiger partial charge on any atom is -0.444 e. The molecule has 0 spiro atoms. The van der Waals surface area contributed by atoms with Crippen molar-refractivity contribution < 1.29 is 9.53 Å². The summed E-state index contributed by atoms with van der Waals surface area (Å²) in [6.07, 6.45) is 0.883. The summed E-state index contributed by atoms with van der Waals surface area (Å²) in [7, 11) is 0. The van der Waals surface area contributed by atoms with E-state index in [4.69, 9.17) is 10.5 Å². The summed E-state index contributed by atoms with van der Waals surface area (Å²) in [4.78, 5) is 16.4. The molecule has 3 aliphatic heterocycles. The number of hydrogen-bond acceptors (Lipinski definition) is 4. The predicted octanol–water partition coefficient (Wildman–Crippen LogP) is 2.47. The minimum atomic E-state index is -0.436. The number of carbonyl (C=O) groups is 1. The van der Waals surface area contributed by atoms with Gasteiger partial charge in [-0.1, -0.05) is 6.07 Å². The summed E-state index contributed by atoms with van der Waals surface area (Å²) in [5.41, 5.74) is 7.32. The van der Waals surface area contributed by atoms with Crippen LogP contribution in [0.2, 0.25) is 0 Å². The van der Waals surface area contributed by atoms with Crippen LogP contribution in [0.15, 0.2) is 24.3 Å². The van der Waals surface area contributed by atoms with Crippen LogP contribution >= 0.6 is 0 Å². The average Bonchev–Trinajstić information content (AvgIpc) is 2.36. The fourth-order valence-corrected chi connectivity index (χ4v) is 3.15. The van der Waals surface area contributed by atoms with Gasteiger partial charge in [-0.2, -0.15) is 0 Å². The van der Waals surface area contributed by atoms with Gasteiger partial charge < -0.3 is 15.4 Å². The Labute approximate surface area is 125 Å². The van der Waals surface area contributed by atoms with Gasteiger partial charge in [0.25, 0.3) is 0 Å². The molecule has 114 valence electrons. The highest BCUT2D eigenvalue weighted by atomic mass is 16.6. The lowest BCUT2D eigenvalue weighted by molar-refractivity contribution is -0.0379. The maximum Gasteiger partial charge on any atom is 0.410 e. The molecular weight excluding hydrogens is 266 g/mol. The van der Waals surface area contributed by atoms with Gasteiger partial charge in [-0.05, 0) is 45.4 Å². The molecule has 3 fully saturated rings. The molecule has 3 heterocycles. The minimum absolute atomic E-state index is 0.184. The number of fused-ring (bicyclic) bond motifs is 2. The number of rotatable bonds is 1. The van der Waals surface area contributed by atoms with E-state index in [2.05, 4.69) is 11.0 Å². The first kappa shape index (κ1) is 14.0. The van der Waals surface area contributed by atoms with Crippen molar-refractivity contribution >= 4 is 17.5 Å². The standard InChI is InChI=1S/C16H23N3O2/c1-16(2,3)21-15(20)19-13-8-14(19)10-18(9-13)12-6-4-5-11(17)7-12/h4-7,13-14H,8-10,17H2,1-3H3. The van der Waals surface area contributed by atoms with Crippen molar-refractivity contribution in [1.82, 2.24) is 4.90 Å². The molecule has 4 rings (SSSR count). The van der Waals surface area contributed by atoms with Gasteiger partial charge in [-0.15, -0.1) is 0 Å². The summed E-state index contributed by atoms with van der Waals surface area (Å²) < 4.78 is 5.49. The molecule has 2 bridgehead atoms. The molecule has 1 amide bonds. The van der Waals surface area contributed by atoms with Gasteiger partial charge in [0.1, 0.15) is 5.60 Å². The monoisotopic (exact) mass is 289 g/mol. The van der Waals surface area contributed by atoms with E-state index >= 15 is 0 Å². The molecule has 0 aliphatic carbocycles. The molecular formula is C16H23N3O2. The second kappa shape index (κ2) is 4.83. The van der Waals surface area contributed by atoms with E-state index in [-0.39, 0.29) is 18.2 Å². The highest BCUT2D eigenvalue weighted by molar-refractivity contribution is 5.71. The van der Waals surface area contributed by atoms with Crippen molar-refractivity contribution in [3.05, 3.63) is 24.3 Å². The lowest BCUT2D eigenvalue weighted by atomic mass is 9.87. The van der Waals surface area contributed by atoms with Crippen LogP contribution in [-0.2, 0) is 4.74 Å². The molecule has 2 N–H and O–H groups in total. The van der Waals surface area contributed by atoms with Crippen molar-refractivity contribution in [2.24, 2.45) is 0 Å². The summed E-state index contributed by atoms with van der Waals surface area (Å²) in [5.74, 6) is 0. The number of piperazine rings is 1. The third-order valence-corrected chi connectivity index (χ3v) is 4.03. The predicted molar refractivity (Wildman–Crippen MR) is 83.3 cm³/mol. The Balaban J connectivity index is 1.66. The summed E-state index contributed by atoms with van der Waals surface area (Å²) >= 11 is 0. The number of nitrogens with two attached hydrogens (primary N) is 1. The van der Waals surface area contributed by atoms with Gasteiger partial charge >= 0.3 is 6.09 Å². The van der Waals surface area contributed by atoms with E-state index in [9.17, 15) is 4.79 Å². The number of nitrogen functional groups attached to an aromatic ring is 1. The number of carbonyl (C=O) groups excluding carboxylic acids is 1. The van der Waals surface area contributed by atoms with Gasteiger partial charge in [-0.3, -0.25) is 4.90 Å². The molecule has 0 radical (unpaired) electrons. The third kappa shape index (κ3) is 2.77. The molecule has 0 saturated carbocycles. The smallest absolute Gasteiger partial charge is 0.410 e. The van der Waals surface area contributed by atoms with E-state index in [0.29, 0.717) is 0 Å². The zero-order valence-electron chi connectivity index (χ0n) is 12.9. The Hall–Kier alpha value is -1.91. The van der Waals surface area contributed by atoms with E-state index in [1.54, 1.807) is 0 Å². The first-order valence-corrected chi connectivity index (χ1v) is 7.45. The van der Waals surface area contributed by atoms with E-state index in [1.807, 2.05) is 43.9 Å². The van der Waals surface area contributed by atoms with Gasteiger partial charge in [0.15, 0.2) is 0 Å². The molecule has 1 aromatic rings. The largest absolute Gasteiger partial charge is 0.444 e. The first-order chi connectivity index (χ1) is 9.83. The van der Waals surface area contributed by atoms with Gasteiger partial charge in [0.05, 0.1) is 12.1 Å². The zero-order chi connectivity index (χ0) is 15.2. The quantitative estimate of drug-likeness (QED) is 0.807. The second-order valence-electron chi connectivity index (χ2n) is 6.93. The third-order valence-electron chi connectivity index (χ3n) is 4.03. The number of hydrogen-bond donors (Lipinski definition) is 1. The van der Waals surface area contributed by atoms with E-state index in [1.165, 1.54) is 0 Å². The number of amides is 1. The molecule has 21 heavy (non-hydrogen) atoms. The summed E-state index contributed by atoms with van der Waals surface area (Å²) in [6, 6.07) is 8.42. The molecule has 0 aromatic heterocycles. The molecule has 2 unspecified atom stereocenters. The Morgan fingerprint density at radius 1 is 1.29 bits per heavy atom. The van der Waals surface area contributed by atoms with Crippen LogP contribution in [0.1, 0.15) is 27.2 Å². The Kier molecular flexibility index (Phi) is 3.23. The van der Waals surface area contributed by atoms with Crippen LogP contribution in [-0.4, -0.2) is 41.8 Å². The maximum absolute atomic E-state index is 12.2. The SMILES string of the molecule is CC(C)(C)OC(=O)N1C2CC1CN(c1cccc(N)c1)C2. The molecule has 5 nitrogen and oxygen atoms in total. The zero-order valence-corrected chi connectivity index (χ0v) is 12.9. The van der Waals surface area contributed by atoms with Gasteiger partial charge in [0.2, 0.25) is 0 Å². The molecule has 3 saturated heterocycles. The van der Waals surface area contributed by atoms with Crippen molar-refractivity contribution in [3.8, 4) is 0 Å². The molecule has 5 heteroatoms. The van der Waals surface area contributed by atoms with Crippen molar-refractivity contribution in [3.63, 3.8) is 0 Å². The summed E-state index contributed by atoms with van der Waals surface area (Å²) in [6.45, 7) is 7.40. The number of benzene rings is 1. The first-order valence-electron chi connectivity index (χ1n) is 7.45. The fourth-order valence-electron chi connectivity index (χ4n) is 3.15. The van der Waals surface area contributed by atoms with Crippen LogP contribution in [0.25, 0.3) is 0 Å². The van der Waals surface area contributed by atoms with Crippen molar-refractivity contribution in [2.45, 2.75) is 44.9 Å².